The van der Waals surface area contributed by atoms with E-state index in [1.807, 2.05) is 30.5 Å². The van der Waals surface area contributed by atoms with Crippen LogP contribution >= 0.6 is 11.3 Å². The number of fused-ring (bicyclic) bond motifs is 1. The molecule has 0 atom stereocenters. The van der Waals surface area contributed by atoms with Crippen molar-refractivity contribution in [3.05, 3.63) is 59.5 Å². The summed E-state index contributed by atoms with van der Waals surface area (Å²) in [4.78, 5) is 12.2. The fraction of sp³-hybridized carbons (Fsp3) is 0.167. The molecule has 0 amide bonds. The summed E-state index contributed by atoms with van der Waals surface area (Å²) in [5, 5.41) is 3.09. The summed E-state index contributed by atoms with van der Waals surface area (Å²) >= 11 is 1.65. The SMILES string of the molecule is CCCC(=O)c1csc2ccc(-c3ccccc3)cc12. The lowest BCUT2D eigenvalue weighted by Gasteiger charge is -2.03. The van der Waals surface area contributed by atoms with Crippen LogP contribution in [0.15, 0.2) is 53.9 Å². The molecule has 0 saturated heterocycles. The van der Waals surface area contributed by atoms with E-state index in [9.17, 15) is 4.79 Å². The Hall–Kier alpha value is -1.93. The smallest absolute Gasteiger partial charge is 0.164 e. The number of rotatable bonds is 4. The van der Waals surface area contributed by atoms with E-state index in [1.54, 1.807) is 11.3 Å². The van der Waals surface area contributed by atoms with Crippen molar-refractivity contribution < 1.29 is 4.79 Å². The molecular formula is C18H16OS. The third kappa shape index (κ3) is 2.39. The minimum atomic E-state index is 0.254. The van der Waals surface area contributed by atoms with Crippen LogP contribution in [0.5, 0.6) is 0 Å². The highest BCUT2D eigenvalue weighted by molar-refractivity contribution is 7.17. The lowest BCUT2D eigenvalue weighted by Crippen LogP contribution is -1.96. The van der Waals surface area contributed by atoms with Gasteiger partial charge >= 0.3 is 0 Å². The topological polar surface area (TPSA) is 17.1 Å². The largest absolute Gasteiger partial charge is 0.294 e. The maximum absolute atomic E-state index is 12.2. The number of hydrogen-bond donors (Lipinski definition) is 0. The molecule has 1 heterocycles. The van der Waals surface area contributed by atoms with Crippen LogP contribution in [0.2, 0.25) is 0 Å². The van der Waals surface area contributed by atoms with Crippen molar-refractivity contribution in [2.45, 2.75) is 19.8 Å². The van der Waals surface area contributed by atoms with Crippen molar-refractivity contribution in [2.75, 3.05) is 0 Å². The Morgan fingerprint density at radius 2 is 1.85 bits per heavy atom. The molecule has 0 aliphatic heterocycles. The number of Topliss-reactive ketones (excluding diaryl/α,β-unsaturated/α-hetero) is 1. The summed E-state index contributed by atoms with van der Waals surface area (Å²) in [6, 6.07) is 16.7. The fourth-order valence-electron chi connectivity index (χ4n) is 2.42. The zero-order valence-corrected chi connectivity index (χ0v) is 12.2. The second-order valence-electron chi connectivity index (χ2n) is 4.90. The van der Waals surface area contributed by atoms with Gasteiger partial charge in [-0.1, -0.05) is 43.3 Å². The van der Waals surface area contributed by atoms with E-state index in [4.69, 9.17) is 0 Å². The van der Waals surface area contributed by atoms with E-state index in [1.165, 1.54) is 15.8 Å². The monoisotopic (exact) mass is 280 g/mol. The molecule has 0 radical (unpaired) electrons. The molecule has 1 aromatic heterocycles. The summed E-state index contributed by atoms with van der Waals surface area (Å²) in [7, 11) is 0. The molecule has 1 nitrogen and oxygen atoms in total. The Balaban J connectivity index is 2.10. The van der Waals surface area contributed by atoms with Gasteiger partial charge in [-0.3, -0.25) is 4.79 Å². The maximum Gasteiger partial charge on any atom is 0.164 e. The Bertz CT molecular complexity index is 740. The van der Waals surface area contributed by atoms with Gasteiger partial charge in [-0.25, -0.2) is 0 Å². The Kier molecular flexibility index (Phi) is 3.66. The van der Waals surface area contributed by atoms with Crippen molar-refractivity contribution in [3.63, 3.8) is 0 Å². The van der Waals surface area contributed by atoms with Gasteiger partial charge in [-0.15, -0.1) is 11.3 Å². The fourth-order valence-corrected chi connectivity index (χ4v) is 3.36. The lowest BCUT2D eigenvalue weighted by molar-refractivity contribution is 0.0983. The van der Waals surface area contributed by atoms with Crippen molar-refractivity contribution in [2.24, 2.45) is 0 Å². The van der Waals surface area contributed by atoms with Crippen molar-refractivity contribution in [3.8, 4) is 11.1 Å². The molecule has 2 heteroatoms. The molecule has 0 aliphatic carbocycles. The normalized spacial score (nSPS) is 10.8. The number of benzene rings is 2. The van der Waals surface area contributed by atoms with E-state index in [-0.39, 0.29) is 5.78 Å². The predicted molar refractivity (Wildman–Crippen MR) is 86.5 cm³/mol. The molecule has 3 aromatic rings. The first-order valence-electron chi connectivity index (χ1n) is 6.89. The second kappa shape index (κ2) is 5.59. The summed E-state index contributed by atoms with van der Waals surface area (Å²) in [6.45, 7) is 2.04. The number of ketones is 1. The van der Waals surface area contributed by atoms with Crippen LogP contribution in [0.1, 0.15) is 30.1 Å². The van der Waals surface area contributed by atoms with Gasteiger partial charge in [-0.2, -0.15) is 0 Å². The molecule has 0 aliphatic rings. The minimum absolute atomic E-state index is 0.254. The van der Waals surface area contributed by atoms with Crippen molar-refractivity contribution in [1.82, 2.24) is 0 Å². The minimum Gasteiger partial charge on any atom is -0.294 e. The third-order valence-corrected chi connectivity index (χ3v) is 4.42. The molecule has 0 bridgehead atoms. The van der Waals surface area contributed by atoms with E-state index < -0.39 is 0 Å². The average molecular weight is 280 g/mol. The molecule has 0 unspecified atom stereocenters. The van der Waals surface area contributed by atoms with E-state index in [0.29, 0.717) is 6.42 Å². The van der Waals surface area contributed by atoms with Crippen molar-refractivity contribution in [1.29, 1.82) is 0 Å². The lowest BCUT2D eigenvalue weighted by atomic mass is 10.0. The second-order valence-corrected chi connectivity index (χ2v) is 5.81. The first-order valence-corrected chi connectivity index (χ1v) is 7.77. The summed E-state index contributed by atoms with van der Waals surface area (Å²) in [5.41, 5.74) is 3.24. The van der Waals surface area contributed by atoms with Gasteiger partial charge in [0.05, 0.1) is 0 Å². The van der Waals surface area contributed by atoms with Crippen LogP contribution < -0.4 is 0 Å². The highest BCUT2D eigenvalue weighted by Gasteiger charge is 2.12. The van der Waals surface area contributed by atoms with Crippen LogP contribution in [0, 0.1) is 0 Å². The van der Waals surface area contributed by atoms with Gasteiger partial charge in [0.25, 0.3) is 0 Å². The highest BCUT2D eigenvalue weighted by Crippen LogP contribution is 2.31. The van der Waals surface area contributed by atoms with E-state index >= 15 is 0 Å². The summed E-state index contributed by atoms with van der Waals surface area (Å²) in [5.74, 6) is 0.254. The van der Waals surface area contributed by atoms with Gasteiger partial charge < -0.3 is 0 Å². The van der Waals surface area contributed by atoms with Gasteiger partial charge in [0, 0.05) is 27.5 Å². The van der Waals surface area contributed by atoms with Crippen LogP contribution in [-0.2, 0) is 0 Å². The molecule has 0 N–H and O–H groups in total. The first-order chi connectivity index (χ1) is 9.79. The number of thiophene rings is 1. The molecule has 0 spiro atoms. The number of carbonyl (C=O) groups excluding carboxylic acids is 1. The number of hydrogen-bond acceptors (Lipinski definition) is 2. The summed E-state index contributed by atoms with van der Waals surface area (Å²) in [6.07, 6.45) is 1.52. The molecule has 3 rings (SSSR count). The van der Waals surface area contributed by atoms with Gasteiger partial charge in [-0.05, 0) is 29.7 Å². The Morgan fingerprint density at radius 1 is 1.05 bits per heavy atom. The quantitative estimate of drug-likeness (QED) is 0.572. The molecule has 20 heavy (non-hydrogen) atoms. The molecular weight excluding hydrogens is 264 g/mol. The average Bonchev–Trinajstić information content (AvgIpc) is 2.91. The zero-order chi connectivity index (χ0) is 13.9. The molecule has 100 valence electrons. The van der Waals surface area contributed by atoms with Crippen molar-refractivity contribution >= 4 is 27.2 Å². The summed E-state index contributed by atoms with van der Waals surface area (Å²) < 4.78 is 1.18. The van der Waals surface area contributed by atoms with Crippen LogP contribution in [0.25, 0.3) is 21.2 Å². The molecule has 2 aromatic carbocycles. The van der Waals surface area contributed by atoms with Gasteiger partial charge in [0.1, 0.15) is 0 Å². The predicted octanol–water partition coefficient (Wildman–Crippen LogP) is 5.55. The number of carbonyl (C=O) groups is 1. The molecule has 0 saturated carbocycles. The van der Waals surface area contributed by atoms with E-state index in [0.717, 1.165) is 17.4 Å². The standard InChI is InChI=1S/C18H16OS/c1-2-6-17(19)16-12-20-18-10-9-14(11-15(16)18)13-7-4-3-5-8-13/h3-5,7-12H,2,6H2,1H3. The Morgan fingerprint density at radius 3 is 2.60 bits per heavy atom. The molecule has 0 fully saturated rings. The van der Waals surface area contributed by atoms with Gasteiger partial charge in [0.15, 0.2) is 5.78 Å². The maximum atomic E-state index is 12.2. The van der Waals surface area contributed by atoms with Crippen LogP contribution in [0.3, 0.4) is 0 Å². The zero-order valence-electron chi connectivity index (χ0n) is 11.4. The van der Waals surface area contributed by atoms with E-state index in [2.05, 4.69) is 30.3 Å². The van der Waals surface area contributed by atoms with Crippen LogP contribution in [0.4, 0.5) is 0 Å². The highest BCUT2D eigenvalue weighted by atomic mass is 32.1. The third-order valence-electron chi connectivity index (χ3n) is 3.46. The first kappa shape index (κ1) is 13.1. The Labute approximate surface area is 122 Å². The van der Waals surface area contributed by atoms with Gasteiger partial charge in [0.2, 0.25) is 0 Å². The van der Waals surface area contributed by atoms with Crippen LogP contribution in [-0.4, -0.2) is 5.78 Å².